The number of thiophene rings is 1. The van der Waals surface area contributed by atoms with Crippen LogP contribution in [-0.2, 0) is 0 Å². The largest absolute Gasteiger partial charge is 0.207 e. The lowest BCUT2D eigenvalue weighted by Gasteiger charge is -1.95. The predicted octanol–water partition coefficient (Wildman–Crippen LogP) is 5.09. The van der Waals surface area contributed by atoms with Gasteiger partial charge in [-0.1, -0.05) is 24.0 Å². The summed E-state index contributed by atoms with van der Waals surface area (Å²) < 4.78 is 25.7. The van der Waals surface area contributed by atoms with Crippen molar-refractivity contribution >= 4 is 11.3 Å². The molecule has 0 bridgehead atoms. The Balaban J connectivity index is 1.82. The highest BCUT2D eigenvalue weighted by molar-refractivity contribution is 7.16. The van der Waals surface area contributed by atoms with Crippen molar-refractivity contribution in [2.45, 2.75) is 0 Å². The Morgan fingerprint density at radius 1 is 0.667 bits per heavy atom. The second kappa shape index (κ2) is 5.90. The quantitative estimate of drug-likeness (QED) is 0.548. The average Bonchev–Trinajstić information content (AvgIpc) is 2.96. The molecular formula is C18H10F2S. The fraction of sp³-hybridized carbons (Fsp3) is 0. The van der Waals surface area contributed by atoms with Crippen molar-refractivity contribution in [3.8, 4) is 22.3 Å². The van der Waals surface area contributed by atoms with Gasteiger partial charge in [-0.15, -0.1) is 11.3 Å². The molecule has 3 rings (SSSR count). The third-order valence-corrected chi connectivity index (χ3v) is 3.96. The van der Waals surface area contributed by atoms with Gasteiger partial charge in [0.1, 0.15) is 11.6 Å². The van der Waals surface area contributed by atoms with E-state index in [1.54, 1.807) is 35.6 Å². The molecule has 1 heterocycles. The summed E-state index contributed by atoms with van der Waals surface area (Å²) in [6.45, 7) is 0. The van der Waals surface area contributed by atoms with Crippen LogP contribution in [0.25, 0.3) is 10.4 Å². The molecule has 0 saturated carbocycles. The Kier molecular flexibility index (Phi) is 3.81. The van der Waals surface area contributed by atoms with Crippen LogP contribution >= 0.6 is 11.3 Å². The first-order chi connectivity index (χ1) is 10.2. The molecule has 0 aliphatic rings. The smallest absolute Gasteiger partial charge is 0.123 e. The van der Waals surface area contributed by atoms with Crippen LogP contribution < -0.4 is 0 Å². The normalized spacial score (nSPS) is 10.0. The van der Waals surface area contributed by atoms with E-state index in [1.165, 1.54) is 24.3 Å². The maximum absolute atomic E-state index is 12.9. The average molecular weight is 296 g/mol. The van der Waals surface area contributed by atoms with Crippen molar-refractivity contribution in [1.29, 1.82) is 0 Å². The first-order valence-corrected chi connectivity index (χ1v) is 7.16. The lowest BCUT2D eigenvalue weighted by molar-refractivity contribution is 0.627. The number of hydrogen-bond donors (Lipinski definition) is 0. The minimum absolute atomic E-state index is 0.244. The van der Waals surface area contributed by atoms with Crippen molar-refractivity contribution in [3.63, 3.8) is 0 Å². The van der Waals surface area contributed by atoms with E-state index in [0.717, 1.165) is 20.9 Å². The first kappa shape index (κ1) is 13.5. The monoisotopic (exact) mass is 296 g/mol. The van der Waals surface area contributed by atoms with Gasteiger partial charge in [0.15, 0.2) is 0 Å². The number of halogens is 2. The summed E-state index contributed by atoms with van der Waals surface area (Å²) in [6, 6.07) is 16.4. The van der Waals surface area contributed by atoms with E-state index >= 15 is 0 Å². The minimum atomic E-state index is -0.268. The molecule has 0 N–H and O–H groups in total. The first-order valence-electron chi connectivity index (χ1n) is 6.34. The van der Waals surface area contributed by atoms with Crippen LogP contribution in [0, 0.1) is 23.5 Å². The molecule has 0 atom stereocenters. The maximum atomic E-state index is 12.9. The third-order valence-electron chi connectivity index (χ3n) is 2.91. The molecule has 1 aromatic heterocycles. The zero-order valence-corrected chi connectivity index (χ0v) is 11.8. The zero-order valence-electron chi connectivity index (χ0n) is 10.9. The molecule has 0 saturated heterocycles. The van der Waals surface area contributed by atoms with Gasteiger partial charge in [0.05, 0.1) is 4.88 Å². The predicted molar refractivity (Wildman–Crippen MR) is 82.1 cm³/mol. The molecule has 0 nitrogen and oxygen atoms in total. The minimum Gasteiger partial charge on any atom is -0.207 e. The molecule has 0 spiro atoms. The fourth-order valence-corrected chi connectivity index (χ4v) is 2.71. The van der Waals surface area contributed by atoms with Crippen LogP contribution in [-0.4, -0.2) is 0 Å². The third kappa shape index (κ3) is 3.36. The summed E-state index contributed by atoms with van der Waals surface area (Å²) in [4.78, 5) is 1.96. The molecular weight excluding hydrogens is 286 g/mol. The molecule has 102 valence electrons. The van der Waals surface area contributed by atoms with E-state index in [-0.39, 0.29) is 11.6 Å². The topological polar surface area (TPSA) is 0 Å². The highest BCUT2D eigenvalue weighted by atomic mass is 32.1. The summed E-state index contributed by atoms with van der Waals surface area (Å²) in [6.07, 6.45) is 0. The molecule has 3 aromatic rings. The van der Waals surface area contributed by atoms with Gasteiger partial charge in [-0.25, -0.2) is 8.78 Å². The Morgan fingerprint density at radius 2 is 1.29 bits per heavy atom. The number of hydrogen-bond acceptors (Lipinski definition) is 1. The lowest BCUT2D eigenvalue weighted by Crippen LogP contribution is -1.75. The Hall–Kier alpha value is -2.44. The van der Waals surface area contributed by atoms with E-state index in [4.69, 9.17) is 0 Å². The summed E-state index contributed by atoms with van der Waals surface area (Å²) in [7, 11) is 0. The summed E-state index contributed by atoms with van der Waals surface area (Å²) >= 11 is 1.54. The van der Waals surface area contributed by atoms with Gasteiger partial charge in [0, 0.05) is 10.4 Å². The van der Waals surface area contributed by atoms with E-state index < -0.39 is 0 Å². The standard InChI is InChI=1S/C18H10F2S/c19-15-6-1-13(2-7-15)3-10-17-11-12-18(21-17)14-4-8-16(20)9-5-14/h1-2,4-9,11-12H. The van der Waals surface area contributed by atoms with Gasteiger partial charge >= 0.3 is 0 Å². The van der Waals surface area contributed by atoms with E-state index in [9.17, 15) is 8.78 Å². The van der Waals surface area contributed by atoms with Gasteiger partial charge in [-0.2, -0.15) is 0 Å². The SMILES string of the molecule is Fc1ccc(C#Cc2ccc(-c3ccc(F)cc3)s2)cc1. The van der Waals surface area contributed by atoms with Gasteiger partial charge in [0.25, 0.3) is 0 Å². The molecule has 0 fully saturated rings. The van der Waals surface area contributed by atoms with Crippen molar-refractivity contribution in [3.05, 3.63) is 82.7 Å². The van der Waals surface area contributed by atoms with Crippen LogP contribution in [0.5, 0.6) is 0 Å². The van der Waals surface area contributed by atoms with Gasteiger partial charge < -0.3 is 0 Å². The Morgan fingerprint density at radius 3 is 1.95 bits per heavy atom. The summed E-state index contributed by atoms with van der Waals surface area (Å²) in [5.74, 6) is 5.54. The second-order valence-electron chi connectivity index (χ2n) is 4.43. The van der Waals surface area contributed by atoms with Crippen molar-refractivity contribution < 1.29 is 8.78 Å². The van der Waals surface area contributed by atoms with Crippen LogP contribution in [0.2, 0.25) is 0 Å². The fourth-order valence-electron chi connectivity index (χ4n) is 1.84. The zero-order chi connectivity index (χ0) is 14.7. The Labute approximate surface area is 125 Å². The van der Waals surface area contributed by atoms with Crippen LogP contribution in [0.3, 0.4) is 0 Å². The molecule has 0 unspecified atom stereocenters. The lowest BCUT2D eigenvalue weighted by atomic mass is 10.2. The van der Waals surface area contributed by atoms with Crippen molar-refractivity contribution in [2.24, 2.45) is 0 Å². The van der Waals surface area contributed by atoms with Crippen LogP contribution in [0.1, 0.15) is 10.4 Å². The highest BCUT2D eigenvalue weighted by Gasteiger charge is 2.01. The molecule has 0 aliphatic carbocycles. The second-order valence-corrected chi connectivity index (χ2v) is 5.51. The number of rotatable bonds is 1. The highest BCUT2D eigenvalue weighted by Crippen LogP contribution is 2.27. The molecule has 0 aliphatic heterocycles. The van der Waals surface area contributed by atoms with E-state index in [0.29, 0.717) is 0 Å². The molecule has 21 heavy (non-hydrogen) atoms. The maximum Gasteiger partial charge on any atom is 0.123 e. The molecule has 2 aromatic carbocycles. The molecule has 0 radical (unpaired) electrons. The number of benzene rings is 2. The van der Waals surface area contributed by atoms with Gasteiger partial charge in [-0.3, -0.25) is 0 Å². The summed E-state index contributed by atoms with van der Waals surface area (Å²) in [5.41, 5.74) is 1.74. The van der Waals surface area contributed by atoms with Crippen LogP contribution in [0.15, 0.2) is 60.7 Å². The van der Waals surface area contributed by atoms with E-state index in [1.807, 2.05) is 12.1 Å². The van der Waals surface area contributed by atoms with Crippen LogP contribution in [0.4, 0.5) is 8.78 Å². The van der Waals surface area contributed by atoms with Gasteiger partial charge in [-0.05, 0) is 54.1 Å². The summed E-state index contributed by atoms with van der Waals surface area (Å²) in [5, 5.41) is 0. The van der Waals surface area contributed by atoms with Crippen molar-refractivity contribution in [1.82, 2.24) is 0 Å². The van der Waals surface area contributed by atoms with Gasteiger partial charge in [0.2, 0.25) is 0 Å². The molecule has 0 amide bonds. The molecule has 3 heteroatoms. The van der Waals surface area contributed by atoms with E-state index in [2.05, 4.69) is 11.8 Å². The Bertz CT molecular complexity index is 803. The van der Waals surface area contributed by atoms with Crippen molar-refractivity contribution in [2.75, 3.05) is 0 Å².